The largest absolute Gasteiger partial charge is 0.494 e. The van der Waals surface area contributed by atoms with Crippen molar-refractivity contribution in [3.05, 3.63) is 42.0 Å². The molecule has 5 rings (SSSR count). The van der Waals surface area contributed by atoms with Gasteiger partial charge in [0.15, 0.2) is 25.2 Å². The van der Waals surface area contributed by atoms with Crippen LogP contribution in [0.4, 0.5) is 0 Å². The third kappa shape index (κ3) is 18.4. The van der Waals surface area contributed by atoms with Crippen LogP contribution in [0.3, 0.4) is 0 Å². The van der Waals surface area contributed by atoms with Crippen molar-refractivity contribution in [2.24, 2.45) is 0 Å². The van der Waals surface area contributed by atoms with Gasteiger partial charge in [-0.3, -0.25) is 23.7 Å². The van der Waals surface area contributed by atoms with Crippen molar-refractivity contribution in [3.8, 4) is 5.75 Å². The molecular weight excluding hydrogens is 1090 g/mol. The number of benzene rings is 1. The number of hydrogen-bond donors (Lipinski definition) is 13. The Bertz CT molecular complexity index is 2270. The average Bonchev–Trinajstić information content (AvgIpc) is 3.57. The van der Waals surface area contributed by atoms with E-state index < -0.39 is 183 Å². The molecule has 0 spiro atoms. The van der Waals surface area contributed by atoms with Gasteiger partial charge in [0.25, 0.3) is 0 Å². The predicted octanol–water partition coefficient (Wildman–Crippen LogP) is -3.75. The molecule has 0 aromatic heterocycles. The Morgan fingerprint density at radius 2 is 1.12 bits per heavy atom. The molecule has 80 heavy (non-hydrogen) atoms. The first-order valence-corrected chi connectivity index (χ1v) is 27.9. The molecule has 4 fully saturated rings. The normalized spacial score (nSPS) is 34.8. The molecular formula is C50H80N4O25S. The fourth-order valence-corrected chi connectivity index (χ4v) is 10.2. The van der Waals surface area contributed by atoms with Crippen LogP contribution in [0.15, 0.2) is 36.4 Å². The molecule has 0 saturated carbocycles. The number of aliphatic hydroxyl groups is 9. The highest BCUT2D eigenvalue weighted by Crippen LogP contribution is 2.36. The van der Waals surface area contributed by atoms with Gasteiger partial charge in [0.2, 0.25) is 23.6 Å². The van der Waals surface area contributed by atoms with Gasteiger partial charge in [-0.2, -0.15) is 8.42 Å². The van der Waals surface area contributed by atoms with Crippen LogP contribution in [0.2, 0.25) is 0 Å². The molecule has 456 valence electrons. The monoisotopic (exact) mass is 1170 g/mol. The number of aliphatic hydroxyl groups excluding tert-OH is 9. The number of hydrogen-bond acceptors (Lipinski definition) is 24. The Hall–Kier alpha value is -4.13. The van der Waals surface area contributed by atoms with E-state index in [9.17, 15) is 78.1 Å². The number of rotatable bonds is 28. The van der Waals surface area contributed by atoms with Gasteiger partial charge in [-0.1, -0.05) is 50.5 Å². The van der Waals surface area contributed by atoms with Crippen molar-refractivity contribution in [2.45, 2.75) is 209 Å². The summed E-state index contributed by atoms with van der Waals surface area (Å²) in [5, 5.41) is 108. The summed E-state index contributed by atoms with van der Waals surface area (Å²) in [5.74, 6) is -2.56. The fourth-order valence-electron chi connectivity index (χ4n) is 9.91. The smallest absolute Gasteiger partial charge is 0.397 e. The van der Waals surface area contributed by atoms with Crippen molar-refractivity contribution in [1.82, 2.24) is 20.9 Å². The summed E-state index contributed by atoms with van der Waals surface area (Å²) < 4.78 is 84.6. The van der Waals surface area contributed by atoms with Crippen LogP contribution in [0.25, 0.3) is 0 Å². The molecule has 9 unspecified atom stereocenters. The molecule has 4 aliphatic rings. The predicted molar refractivity (Wildman–Crippen MR) is 272 cm³/mol. The molecule has 0 radical (unpaired) electrons. The first-order chi connectivity index (χ1) is 37.9. The summed E-state index contributed by atoms with van der Waals surface area (Å²) in [7, 11) is -5.17. The summed E-state index contributed by atoms with van der Waals surface area (Å²) in [6.45, 7) is 2.65. The number of carbonyl (C=O) groups excluding carboxylic acids is 4. The number of ether oxygens (including phenoxy) is 8. The van der Waals surface area contributed by atoms with Crippen LogP contribution in [0.1, 0.15) is 85.1 Å². The number of carbonyl (C=O) groups is 4. The molecule has 0 aliphatic carbocycles. The van der Waals surface area contributed by atoms with Gasteiger partial charge in [-0.05, 0) is 43.4 Å². The zero-order chi connectivity index (χ0) is 59.0. The lowest BCUT2D eigenvalue weighted by atomic mass is 9.92. The second-order valence-corrected chi connectivity index (χ2v) is 21.1. The molecule has 4 saturated heterocycles. The van der Waals surface area contributed by atoms with Crippen molar-refractivity contribution in [1.29, 1.82) is 0 Å². The first-order valence-electron chi connectivity index (χ1n) is 26.5. The lowest BCUT2D eigenvalue weighted by molar-refractivity contribution is -0.364. The quantitative estimate of drug-likeness (QED) is 0.0218. The van der Waals surface area contributed by atoms with Crippen LogP contribution >= 0.6 is 0 Å². The Labute approximate surface area is 463 Å². The Morgan fingerprint density at radius 1 is 0.625 bits per heavy atom. The molecule has 1 aromatic carbocycles. The van der Waals surface area contributed by atoms with Gasteiger partial charge in [0, 0.05) is 34.2 Å². The lowest BCUT2D eigenvalue weighted by Gasteiger charge is -2.51. The average molecular weight is 1170 g/mol. The molecule has 0 bridgehead atoms. The van der Waals surface area contributed by atoms with Gasteiger partial charge in [0.05, 0.1) is 33.0 Å². The molecule has 20 atom stereocenters. The highest BCUT2D eigenvalue weighted by Gasteiger charge is 2.57. The molecule has 29 nitrogen and oxygen atoms in total. The van der Waals surface area contributed by atoms with E-state index >= 15 is 0 Å². The van der Waals surface area contributed by atoms with Crippen LogP contribution in [0.5, 0.6) is 5.75 Å². The maximum atomic E-state index is 13.6. The van der Waals surface area contributed by atoms with Gasteiger partial charge >= 0.3 is 10.4 Å². The Balaban J connectivity index is 1.38. The van der Waals surface area contributed by atoms with E-state index in [1.807, 2.05) is 0 Å². The number of allylic oxidation sites excluding steroid dienone is 2. The van der Waals surface area contributed by atoms with Gasteiger partial charge in [-0.25, -0.2) is 4.18 Å². The molecule has 13 N–H and O–H groups in total. The molecule has 4 heterocycles. The zero-order valence-corrected chi connectivity index (χ0v) is 46.0. The van der Waals surface area contributed by atoms with Gasteiger partial charge in [-0.15, -0.1) is 0 Å². The molecule has 1 aromatic rings. The number of unbranched alkanes of at least 4 members (excludes halogenated alkanes) is 5. The van der Waals surface area contributed by atoms with Gasteiger partial charge in [0.1, 0.15) is 103 Å². The van der Waals surface area contributed by atoms with Gasteiger partial charge < -0.3 is 105 Å². The lowest BCUT2D eigenvalue weighted by Crippen LogP contribution is -2.71. The van der Waals surface area contributed by atoms with Crippen LogP contribution in [-0.2, 0) is 73.5 Å². The van der Waals surface area contributed by atoms with E-state index in [0.29, 0.717) is 17.9 Å². The SMILES string of the molecule is CCCCCC/C=C\CCCOc1cccc(CN(C(C)=O)C2[C@H](O[C@H]3C(O)C(NC(C)=O)[C@@H](O[C@H]4C(CO)O[C@@H](O[C@H]5C(O)C(NC(C)=O)C(O)O[C@@H]5COS(=O)(=O)O)C(NC(C)=O)[C@H]4O)O[C@@H]3CO)OC(CO)[C@H](O)[C@@H]2O)c1. The van der Waals surface area contributed by atoms with Crippen molar-refractivity contribution in [3.63, 3.8) is 0 Å². The Morgan fingerprint density at radius 3 is 1.64 bits per heavy atom. The zero-order valence-electron chi connectivity index (χ0n) is 45.2. The first kappa shape index (κ1) is 66.7. The topological polar surface area (TPSA) is 427 Å². The number of nitrogens with zero attached hydrogens (tertiary/aromatic N) is 1. The minimum atomic E-state index is -5.17. The summed E-state index contributed by atoms with van der Waals surface area (Å²) in [5.41, 5.74) is 0.522. The maximum absolute atomic E-state index is 13.6. The van der Waals surface area contributed by atoms with E-state index in [2.05, 4.69) is 39.2 Å². The summed E-state index contributed by atoms with van der Waals surface area (Å²) in [6, 6.07) is 0.0924. The van der Waals surface area contributed by atoms with Crippen LogP contribution < -0.4 is 20.7 Å². The molecule has 4 aliphatic heterocycles. The summed E-state index contributed by atoms with van der Waals surface area (Å²) in [6.07, 6.45) is -17.9. The molecule has 4 amide bonds. The van der Waals surface area contributed by atoms with Crippen LogP contribution in [0, 0.1) is 0 Å². The summed E-state index contributed by atoms with van der Waals surface area (Å²) in [4.78, 5) is 52.2. The van der Waals surface area contributed by atoms with Crippen molar-refractivity contribution < 1.29 is 120 Å². The molecule has 30 heteroatoms. The third-order valence-corrected chi connectivity index (χ3v) is 14.2. The van der Waals surface area contributed by atoms with E-state index in [1.54, 1.807) is 24.3 Å². The maximum Gasteiger partial charge on any atom is 0.397 e. The van der Waals surface area contributed by atoms with Crippen LogP contribution in [-0.4, -0.2) is 243 Å². The fraction of sp³-hybridized carbons (Fsp3) is 0.760. The second kappa shape index (κ2) is 31.5. The summed E-state index contributed by atoms with van der Waals surface area (Å²) >= 11 is 0. The van der Waals surface area contributed by atoms with E-state index in [4.69, 9.17) is 37.9 Å². The Kier molecular flexibility index (Phi) is 26.3. The highest BCUT2D eigenvalue weighted by atomic mass is 32.3. The van der Waals surface area contributed by atoms with E-state index in [1.165, 1.54) is 26.2 Å². The van der Waals surface area contributed by atoms with E-state index in [-0.39, 0.29) is 6.54 Å². The van der Waals surface area contributed by atoms with Crippen molar-refractivity contribution >= 4 is 34.0 Å². The second-order valence-electron chi connectivity index (χ2n) is 20.0. The third-order valence-electron chi connectivity index (χ3n) is 13.8. The number of nitrogens with one attached hydrogen (secondary N) is 3. The van der Waals surface area contributed by atoms with E-state index in [0.717, 1.165) is 51.4 Å². The standard InChI is InChI=1S/C50H80N4O25S/c1-6-7-8-9-10-11-12-13-14-18-71-30-17-15-16-29(19-30)20-54(28(5)61)38-43(66)39(62)31(21-55)74-50(38)79-45-33(23-57)76-48(37(42(45)65)53-27(4)60)77-44-32(22-56)75-49(36(41(44)64)52-26(3)59)78-46-34(24-72-80(68,69)70)73-47(67)35(40(46)63)51-25(2)58/h11-12,15-17,19,31-50,55-57,62-67H,6-10,13-14,18,20-24H2,1-5H3,(H,51,58)(H,52,59)(H,53,60)(H,68,69,70)/b12-11-/t31?,32?,33-,34-,35?,36?,37?,38?,39+,40?,41-,42?,43-,44+,45-,46-,47?,48-,49+,50+/m1/s1. The minimum absolute atomic E-state index is 0.214. The minimum Gasteiger partial charge on any atom is -0.494 e. The van der Waals surface area contributed by atoms with Crippen molar-refractivity contribution in [2.75, 3.05) is 33.0 Å². The number of amides is 4. The highest BCUT2D eigenvalue weighted by molar-refractivity contribution is 7.80.